The normalized spacial score (nSPS) is 19.1. The van der Waals surface area contributed by atoms with Crippen molar-refractivity contribution in [2.45, 2.75) is 18.4 Å². The van der Waals surface area contributed by atoms with Gasteiger partial charge >= 0.3 is 0 Å². The minimum atomic E-state index is -0.354. The molecule has 108 valence electrons. The van der Waals surface area contributed by atoms with Crippen LogP contribution < -0.4 is 10.6 Å². The average molecular weight is 281 g/mol. The van der Waals surface area contributed by atoms with Crippen molar-refractivity contribution in [3.8, 4) is 0 Å². The first-order chi connectivity index (χ1) is 10.3. The molecule has 21 heavy (non-hydrogen) atoms. The summed E-state index contributed by atoms with van der Waals surface area (Å²) in [4.78, 5) is 17.1. The molecule has 1 fully saturated rings. The van der Waals surface area contributed by atoms with Crippen molar-refractivity contribution in [3.05, 3.63) is 66.0 Å². The van der Waals surface area contributed by atoms with Crippen LogP contribution in [-0.2, 0) is 4.79 Å². The Bertz CT molecular complexity index is 540. The van der Waals surface area contributed by atoms with E-state index in [4.69, 9.17) is 0 Å². The first kappa shape index (κ1) is 13.8. The Balaban J connectivity index is 1.87. The molecule has 2 heterocycles. The molecule has 0 spiro atoms. The van der Waals surface area contributed by atoms with Crippen LogP contribution in [-0.4, -0.2) is 30.0 Å². The van der Waals surface area contributed by atoms with Crippen LogP contribution in [0.3, 0.4) is 0 Å². The Kier molecular flexibility index (Phi) is 4.26. The molecule has 1 aliphatic rings. The third-order valence-corrected chi connectivity index (χ3v) is 3.79. The maximum atomic E-state index is 12.7. The van der Waals surface area contributed by atoms with E-state index in [0.29, 0.717) is 0 Å². The van der Waals surface area contributed by atoms with E-state index in [2.05, 4.69) is 15.6 Å². The van der Waals surface area contributed by atoms with Crippen LogP contribution in [0, 0.1) is 0 Å². The molecule has 1 aliphatic heterocycles. The van der Waals surface area contributed by atoms with Gasteiger partial charge in [-0.2, -0.15) is 0 Å². The molecule has 0 bridgehead atoms. The maximum Gasteiger partial charge on any atom is 0.233 e. The van der Waals surface area contributed by atoms with E-state index in [1.165, 1.54) is 0 Å². The number of hydrogen-bond donors (Lipinski definition) is 2. The summed E-state index contributed by atoms with van der Waals surface area (Å²) in [5.74, 6) is -0.332. The Labute approximate surface area is 124 Å². The maximum absolute atomic E-state index is 12.7. The molecule has 4 nitrogen and oxygen atoms in total. The van der Waals surface area contributed by atoms with Crippen LogP contribution in [0.1, 0.15) is 23.6 Å². The number of aromatic nitrogens is 1. The number of nitrogens with zero attached hydrogens (tertiary/aromatic N) is 1. The van der Waals surface area contributed by atoms with Crippen LogP contribution in [0.5, 0.6) is 0 Å². The van der Waals surface area contributed by atoms with Crippen molar-refractivity contribution in [1.29, 1.82) is 0 Å². The van der Waals surface area contributed by atoms with Crippen LogP contribution in [0.4, 0.5) is 0 Å². The van der Waals surface area contributed by atoms with Gasteiger partial charge in [0.1, 0.15) is 5.92 Å². The summed E-state index contributed by atoms with van der Waals surface area (Å²) in [7, 11) is 0. The van der Waals surface area contributed by atoms with Crippen LogP contribution in [0.25, 0.3) is 0 Å². The number of carbonyl (C=O) groups excluding carboxylic acids is 1. The summed E-state index contributed by atoms with van der Waals surface area (Å²) in [6.45, 7) is 1.81. The molecule has 1 saturated heterocycles. The van der Waals surface area contributed by atoms with Crippen molar-refractivity contribution < 1.29 is 4.79 Å². The summed E-state index contributed by atoms with van der Waals surface area (Å²) in [5.41, 5.74) is 1.76. The van der Waals surface area contributed by atoms with Gasteiger partial charge in [-0.05, 0) is 30.7 Å². The van der Waals surface area contributed by atoms with Crippen LogP contribution in [0.15, 0.2) is 54.7 Å². The molecule has 2 atom stereocenters. The lowest BCUT2D eigenvalue weighted by Crippen LogP contribution is -2.39. The highest BCUT2D eigenvalue weighted by Gasteiger charge is 2.26. The van der Waals surface area contributed by atoms with E-state index < -0.39 is 0 Å². The number of hydrogen-bond acceptors (Lipinski definition) is 3. The highest BCUT2D eigenvalue weighted by atomic mass is 16.2. The van der Waals surface area contributed by atoms with Crippen molar-refractivity contribution in [2.75, 3.05) is 13.1 Å². The van der Waals surface area contributed by atoms with Crippen molar-refractivity contribution in [3.63, 3.8) is 0 Å². The second-order valence-electron chi connectivity index (χ2n) is 5.30. The number of nitrogens with one attached hydrogen (secondary N) is 2. The fraction of sp³-hybridized carbons (Fsp3) is 0.294. The van der Waals surface area contributed by atoms with E-state index >= 15 is 0 Å². The van der Waals surface area contributed by atoms with Gasteiger partial charge in [0, 0.05) is 18.8 Å². The van der Waals surface area contributed by atoms with E-state index in [0.717, 1.165) is 30.8 Å². The molecule has 1 aromatic carbocycles. The SMILES string of the molecule is O=C(NC1CCNC1)C(c1ccccc1)c1ccccn1. The fourth-order valence-electron chi connectivity index (χ4n) is 2.71. The lowest BCUT2D eigenvalue weighted by atomic mass is 9.94. The zero-order valence-electron chi connectivity index (χ0n) is 11.8. The number of carbonyl (C=O) groups is 1. The van der Waals surface area contributed by atoms with Crippen molar-refractivity contribution in [1.82, 2.24) is 15.6 Å². The highest BCUT2D eigenvalue weighted by Crippen LogP contribution is 2.23. The molecule has 0 saturated carbocycles. The molecule has 0 radical (unpaired) electrons. The van der Waals surface area contributed by atoms with Gasteiger partial charge in [0.25, 0.3) is 0 Å². The lowest BCUT2D eigenvalue weighted by Gasteiger charge is -2.19. The molecular formula is C17H19N3O. The summed E-state index contributed by atoms with van der Waals surface area (Å²) in [6.07, 6.45) is 2.71. The summed E-state index contributed by atoms with van der Waals surface area (Å²) < 4.78 is 0. The minimum Gasteiger partial charge on any atom is -0.351 e. The Hall–Kier alpha value is -2.20. The van der Waals surface area contributed by atoms with Gasteiger partial charge in [-0.25, -0.2) is 0 Å². The van der Waals surface area contributed by atoms with Gasteiger partial charge in [0.05, 0.1) is 5.69 Å². The second kappa shape index (κ2) is 6.50. The standard InChI is InChI=1S/C17H19N3O/c21-17(20-14-9-11-18-12-14)16(13-6-2-1-3-7-13)15-8-4-5-10-19-15/h1-8,10,14,16,18H,9,11-12H2,(H,20,21). The third kappa shape index (κ3) is 3.28. The van der Waals surface area contributed by atoms with Gasteiger partial charge in [0.2, 0.25) is 5.91 Å². The molecule has 4 heteroatoms. The molecular weight excluding hydrogens is 262 g/mol. The molecule has 3 rings (SSSR count). The Morgan fingerprint density at radius 2 is 2.00 bits per heavy atom. The zero-order chi connectivity index (χ0) is 14.5. The van der Waals surface area contributed by atoms with Crippen molar-refractivity contribution >= 4 is 5.91 Å². The smallest absolute Gasteiger partial charge is 0.233 e. The van der Waals surface area contributed by atoms with E-state index in [1.54, 1.807) is 6.20 Å². The largest absolute Gasteiger partial charge is 0.351 e. The van der Waals surface area contributed by atoms with E-state index in [-0.39, 0.29) is 17.9 Å². The predicted molar refractivity (Wildman–Crippen MR) is 81.9 cm³/mol. The Morgan fingerprint density at radius 1 is 1.19 bits per heavy atom. The number of rotatable bonds is 4. The van der Waals surface area contributed by atoms with Gasteiger partial charge in [-0.3, -0.25) is 9.78 Å². The van der Waals surface area contributed by atoms with Gasteiger partial charge in [-0.15, -0.1) is 0 Å². The van der Waals surface area contributed by atoms with Gasteiger partial charge in [0.15, 0.2) is 0 Å². The summed E-state index contributed by atoms with van der Waals surface area (Å²) in [5, 5.41) is 6.40. The highest BCUT2D eigenvalue weighted by molar-refractivity contribution is 5.86. The van der Waals surface area contributed by atoms with Gasteiger partial charge in [-0.1, -0.05) is 36.4 Å². The molecule has 2 aromatic rings. The van der Waals surface area contributed by atoms with Crippen LogP contribution in [0.2, 0.25) is 0 Å². The molecule has 2 N–H and O–H groups in total. The van der Waals surface area contributed by atoms with Crippen molar-refractivity contribution in [2.24, 2.45) is 0 Å². The molecule has 2 unspecified atom stereocenters. The Morgan fingerprint density at radius 3 is 2.67 bits per heavy atom. The molecule has 1 amide bonds. The summed E-state index contributed by atoms with van der Waals surface area (Å²) in [6, 6.07) is 15.7. The number of amides is 1. The van der Waals surface area contributed by atoms with E-state index in [9.17, 15) is 4.79 Å². The fourth-order valence-corrected chi connectivity index (χ4v) is 2.71. The minimum absolute atomic E-state index is 0.0219. The quantitative estimate of drug-likeness (QED) is 0.896. The zero-order valence-corrected chi connectivity index (χ0v) is 11.8. The predicted octanol–water partition coefficient (Wildman–Crippen LogP) is 1.69. The number of benzene rings is 1. The van der Waals surface area contributed by atoms with Crippen LogP contribution >= 0.6 is 0 Å². The second-order valence-corrected chi connectivity index (χ2v) is 5.30. The topological polar surface area (TPSA) is 54.0 Å². The molecule has 0 aliphatic carbocycles. The third-order valence-electron chi connectivity index (χ3n) is 3.79. The first-order valence-corrected chi connectivity index (χ1v) is 7.31. The molecule has 1 aromatic heterocycles. The van der Waals surface area contributed by atoms with Gasteiger partial charge < -0.3 is 10.6 Å². The van der Waals surface area contributed by atoms with E-state index in [1.807, 2.05) is 48.5 Å². The number of pyridine rings is 1. The summed E-state index contributed by atoms with van der Waals surface area (Å²) >= 11 is 0. The first-order valence-electron chi connectivity index (χ1n) is 7.31. The lowest BCUT2D eigenvalue weighted by molar-refractivity contribution is -0.122. The monoisotopic (exact) mass is 281 g/mol. The average Bonchev–Trinajstić information content (AvgIpc) is 3.02.